The molecule has 2 aromatic heterocycles. The molecule has 25 rings (SSSR count). The number of nitrogens with zero attached hydrogens (tertiary/aromatic N) is 4. The van der Waals surface area contributed by atoms with Crippen LogP contribution in [0.1, 0.15) is 0 Å². The molecule has 0 aliphatic rings. The Kier molecular flexibility index (Phi) is 19.6. The Hall–Kier alpha value is -17.7. The van der Waals surface area contributed by atoms with Crippen LogP contribution in [0, 0.1) is 0 Å². The molecule has 0 fully saturated rings. The van der Waals surface area contributed by atoms with Crippen LogP contribution in [0.25, 0.3) is 209 Å². The lowest BCUT2D eigenvalue weighted by Crippen LogP contribution is -2.12. The van der Waals surface area contributed by atoms with Gasteiger partial charge in [0.15, 0.2) is 0 Å². The molecule has 626 valence electrons. The minimum atomic E-state index is 1.03. The summed E-state index contributed by atoms with van der Waals surface area (Å²) in [5, 5.41) is 14.5. The molecule has 4 heteroatoms. The van der Waals surface area contributed by atoms with Gasteiger partial charge in [-0.2, -0.15) is 0 Å². The fourth-order valence-electron chi connectivity index (χ4n) is 21.0. The Balaban J connectivity index is 0.603. The summed E-state index contributed by atoms with van der Waals surface area (Å²) in [5.74, 6) is 0. The molecule has 0 atom stereocenters. The predicted molar refractivity (Wildman–Crippen MR) is 569 cm³/mol. The van der Waals surface area contributed by atoms with Gasteiger partial charge in [-0.3, -0.25) is 0 Å². The molecule has 0 saturated carbocycles. The van der Waals surface area contributed by atoms with E-state index in [1.165, 1.54) is 103 Å². The molecule has 23 aromatic carbocycles. The Labute approximate surface area is 778 Å². The van der Waals surface area contributed by atoms with Gasteiger partial charge in [0.2, 0.25) is 0 Å². The summed E-state index contributed by atoms with van der Waals surface area (Å²) in [6, 6.07) is 193. The van der Waals surface area contributed by atoms with Gasteiger partial charge in [0.1, 0.15) is 0 Å². The molecule has 0 unspecified atom stereocenters. The van der Waals surface area contributed by atoms with Crippen molar-refractivity contribution in [3.63, 3.8) is 0 Å². The lowest BCUT2D eigenvalue weighted by Gasteiger charge is -2.30. The van der Waals surface area contributed by atoms with Crippen LogP contribution in [0.2, 0.25) is 0 Å². The SMILES string of the molecule is c1ccc(-c2ccc(N(c3cccc(-c4cccc(-n5c6ccccc6c6cc7ccccc7cc65)c4)c3)c3ccc(-c4ccc(-c5cccc6ccc7c(c8ccccc8n7-c7cccc(-c8cccc(N(c9ccc(-c%10ccccc%10)c(-c%10cccc%11ccccc%10%11)c9)c9ccc(-c%10ccccc%10)cc9-c9ccccc9)c8)c7)c56)c5ccccc45)cc3-c3ccccc3)cc2)cc1. The predicted octanol–water partition coefficient (Wildman–Crippen LogP) is 36.1. The Morgan fingerprint density at radius 2 is 0.515 bits per heavy atom. The molecule has 0 amide bonds. The van der Waals surface area contributed by atoms with Crippen molar-refractivity contribution in [3.8, 4) is 123 Å². The van der Waals surface area contributed by atoms with Crippen LogP contribution < -0.4 is 9.80 Å². The Morgan fingerprint density at radius 3 is 1.13 bits per heavy atom. The van der Waals surface area contributed by atoms with E-state index in [1.54, 1.807) is 0 Å². The summed E-state index contributed by atoms with van der Waals surface area (Å²) in [7, 11) is 0. The molecule has 25 aromatic rings. The first-order chi connectivity index (χ1) is 66.5. The molecular formula is C130H86N4. The normalized spacial score (nSPS) is 11.6. The molecule has 0 aliphatic heterocycles. The highest BCUT2D eigenvalue weighted by Gasteiger charge is 2.27. The fraction of sp³-hybridized carbons (Fsp3) is 0. The van der Waals surface area contributed by atoms with Crippen molar-refractivity contribution >= 4 is 121 Å². The van der Waals surface area contributed by atoms with E-state index < -0.39 is 0 Å². The van der Waals surface area contributed by atoms with Crippen molar-refractivity contribution in [2.75, 3.05) is 9.80 Å². The second kappa shape index (κ2) is 33.4. The van der Waals surface area contributed by atoms with Gasteiger partial charge in [0.05, 0.1) is 33.4 Å². The third kappa shape index (κ3) is 14.0. The minimum Gasteiger partial charge on any atom is -0.310 e. The average Bonchev–Trinajstić information content (AvgIpc) is 1.46. The molecule has 0 N–H and O–H groups in total. The number of para-hydroxylation sites is 2. The van der Waals surface area contributed by atoms with Gasteiger partial charge in [-0.25, -0.2) is 0 Å². The fourth-order valence-corrected chi connectivity index (χ4v) is 21.0. The van der Waals surface area contributed by atoms with Crippen LogP contribution >= 0.6 is 0 Å². The molecule has 134 heavy (non-hydrogen) atoms. The summed E-state index contributed by atoms with van der Waals surface area (Å²) in [6.07, 6.45) is 0. The van der Waals surface area contributed by atoms with Crippen LogP contribution in [0.15, 0.2) is 522 Å². The molecule has 0 bridgehead atoms. The van der Waals surface area contributed by atoms with Gasteiger partial charge in [-0.05, 0) is 271 Å². The minimum absolute atomic E-state index is 1.03. The Morgan fingerprint density at radius 1 is 0.134 bits per heavy atom. The number of aromatic nitrogens is 2. The lowest BCUT2D eigenvalue weighted by atomic mass is 9.88. The van der Waals surface area contributed by atoms with Gasteiger partial charge >= 0.3 is 0 Å². The first-order valence-corrected chi connectivity index (χ1v) is 46.2. The zero-order valence-electron chi connectivity index (χ0n) is 73.4. The number of fused-ring (bicyclic) bond motifs is 11. The van der Waals surface area contributed by atoms with Crippen molar-refractivity contribution in [2.45, 2.75) is 0 Å². The lowest BCUT2D eigenvalue weighted by molar-refractivity contribution is 1.18. The van der Waals surface area contributed by atoms with E-state index in [2.05, 4.69) is 541 Å². The van der Waals surface area contributed by atoms with Crippen molar-refractivity contribution in [3.05, 3.63) is 522 Å². The van der Waals surface area contributed by atoms with Gasteiger partial charge in [-0.15, -0.1) is 0 Å². The van der Waals surface area contributed by atoms with E-state index in [1.807, 2.05) is 0 Å². The number of rotatable bonds is 18. The number of hydrogen-bond donors (Lipinski definition) is 0. The van der Waals surface area contributed by atoms with Gasteiger partial charge in [0.25, 0.3) is 0 Å². The molecule has 4 nitrogen and oxygen atoms in total. The largest absolute Gasteiger partial charge is 0.310 e. The van der Waals surface area contributed by atoms with E-state index >= 15 is 0 Å². The Bertz CT molecular complexity index is 8850. The zero-order chi connectivity index (χ0) is 88.5. The van der Waals surface area contributed by atoms with Crippen molar-refractivity contribution in [1.82, 2.24) is 9.13 Å². The smallest absolute Gasteiger partial charge is 0.0547 e. The standard InChI is InChI=1S/C130H86N4/c1-6-32-87(33-7-1)89-64-69-103(70-65-89)131(104-51-26-47-95(78-104)98-50-29-54-107(81-98)134-123-62-24-22-58-116(123)122-83-99-43-16-17-44-100(99)85-128(122)134)125-76-68-102(84-120(125)93-40-14-5-15-41-93)111-73-74-115(114-57-21-20-56-112(111)114)117-61-31-46-94-66-77-127-130(129(94)117)118-59-23-25-63-124(118)133(127)106-53-28-49-97(80-106)96-48-27-52-105(79-96)132(126-75-67-101(88-34-8-2-9-35-88)82-119(126)92-38-12-4-13-39-92)108-71-72-110(90-36-10-3-11-37-90)121(86-108)113-60-30-45-91-42-18-19-55-109(91)113/h1-86H. The van der Waals surface area contributed by atoms with Crippen LogP contribution in [0.4, 0.5) is 34.1 Å². The van der Waals surface area contributed by atoms with E-state index in [0.717, 1.165) is 140 Å². The van der Waals surface area contributed by atoms with Crippen molar-refractivity contribution in [1.29, 1.82) is 0 Å². The maximum absolute atomic E-state index is 2.49. The van der Waals surface area contributed by atoms with E-state index in [-0.39, 0.29) is 0 Å². The van der Waals surface area contributed by atoms with Gasteiger partial charge in [0, 0.05) is 66.8 Å². The monoisotopic (exact) mass is 1700 g/mol. The molecule has 0 radical (unpaired) electrons. The number of hydrogen-bond acceptors (Lipinski definition) is 2. The van der Waals surface area contributed by atoms with Gasteiger partial charge in [-0.1, -0.05) is 394 Å². The van der Waals surface area contributed by atoms with E-state index in [0.29, 0.717) is 0 Å². The van der Waals surface area contributed by atoms with Crippen LogP contribution in [-0.2, 0) is 0 Å². The van der Waals surface area contributed by atoms with Crippen molar-refractivity contribution in [2.24, 2.45) is 0 Å². The number of anilines is 6. The number of benzene rings is 23. The summed E-state index contributed by atoms with van der Waals surface area (Å²) in [5.41, 5.74) is 36.0. The third-order valence-electron chi connectivity index (χ3n) is 27.2. The van der Waals surface area contributed by atoms with Crippen LogP contribution in [-0.4, -0.2) is 9.13 Å². The molecule has 2 heterocycles. The summed E-state index contributed by atoms with van der Waals surface area (Å²) in [6.45, 7) is 0. The molecule has 0 aliphatic carbocycles. The first kappa shape index (κ1) is 78.5. The highest BCUT2D eigenvalue weighted by atomic mass is 15.2. The van der Waals surface area contributed by atoms with E-state index in [9.17, 15) is 0 Å². The topological polar surface area (TPSA) is 16.3 Å². The second-order valence-electron chi connectivity index (χ2n) is 35.0. The first-order valence-electron chi connectivity index (χ1n) is 46.2. The zero-order valence-corrected chi connectivity index (χ0v) is 73.4. The summed E-state index contributed by atoms with van der Waals surface area (Å²) in [4.78, 5) is 4.94. The van der Waals surface area contributed by atoms with Crippen molar-refractivity contribution < 1.29 is 0 Å². The highest BCUT2D eigenvalue weighted by Crippen LogP contribution is 2.52. The van der Waals surface area contributed by atoms with E-state index in [4.69, 9.17) is 0 Å². The third-order valence-corrected chi connectivity index (χ3v) is 27.2. The summed E-state index contributed by atoms with van der Waals surface area (Å²) < 4.78 is 4.93. The van der Waals surface area contributed by atoms with Crippen LogP contribution in [0.3, 0.4) is 0 Å². The van der Waals surface area contributed by atoms with Gasteiger partial charge < -0.3 is 18.9 Å². The molecular weight excluding hydrogens is 1620 g/mol. The quantitative estimate of drug-likeness (QED) is 0.0851. The molecule has 0 spiro atoms. The maximum Gasteiger partial charge on any atom is 0.0547 e. The van der Waals surface area contributed by atoms with Crippen LogP contribution in [0.5, 0.6) is 0 Å². The highest BCUT2D eigenvalue weighted by molar-refractivity contribution is 6.26. The maximum atomic E-state index is 2.49. The second-order valence-corrected chi connectivity index (χ2v) is 35.0. The molecule has 0 saturated heterocycles. The average molecular weight is 1700 g/mol. The summed E-state index contributed by atoms with van der Waals surface area (Å²) >= 11 is 0.